The Labute approximate surface area is 150 Å². The molecule has 9 heteroatoms. The van der Waals surface area contributed by atoms with E-state index in [9.17, 15) is 0 Å². The molecule has 8 nitrogen and oxygen atoms in total. The predicted molar refractivity (Wildman–Crippen MR) is 98.5 cm³/mol. The number of thioether (sulfide) groups is 1. The average molecular weight is 356 g/mol. The van der Waals surface area contributed by atoms with Gasteiger partial charge >= 0.3 is 0 Å². The molecule has 3 aromatic rings. The van der Waals surface area contributed by atoms with Gasteiger partial charge in [0.25, 0.3) is 0 Å². The van der Waals surface area contributed by atoms with E-state index in [0.29, 0.717) is 0 Å². The van der Waals surface area contributed by atoms with Crippen LogP contribution in [0.4, 0.5) is 11.6 Å². The van der Waals surface area contributed by atoms with Gasteiger partial charge in [-0.05, 0) is 32.2 Å². The molecule has 0 aliphatic carbocycles. The monoisotopic (exact) mass is 356 g/mol. The third-order valence-electron chi connectivity index (χ3n) is 4.41. The number of piperazine rings is 1. The second-order valence-corrected chi connectivity index (χ2v) is 6.82. The van der Waals surface area contributed by atoms with Gasteiger partial charge in [-0.25, -0.2) is 9.97 Å². The fourth-order valence-corrected chi connectivity index (χ4v) is 3.37. The molecule has 1 aliphatic rings. The summed E-state index contributed by atoms with van der Waals surface area (Å²) in [6.07, 6.45) is 3.91. The van der Waals surface area contributed by atoms with Crippen molar-refractivity contribution in [2.24, 2.45) is 0 Å². The lowest BCUT2D eigenvalue weighted by atomic mass is 10.2. The quantitative estimate of drug-likeness (QED) is 0.517. The molecular formula is C16H20N8S. The molecule has 0 aromatic carbocycles. The SMILES string of the molecule is CSc1ncc(C)c(N2CCN(c3ccc4nnc(C)n4n3)CC2)n1. The van der Waals surface area contributed by atoms with Crippen molar-refractivity contribution >= 4 is 29.0 Å². The summed E-state index contributed by atoms with van der Waals surface area (Å²) in [5, 5.41) is 13.6. The van der Waals surface area contributed by atoms with E-state index in [1.165, 1.54) is 0 Å². The highest BCUT2D eigenvalue weighted by molar-refractivity contribution is 7.98. The summed E-state index contributed by atoms with van der Waals surface area (Å²) in [5.41, 5.74) is 1.90. The number of nitrogens with zero attached hydrogens (tertiary/aromatic N) is 8. The lowest BCUT2D eigenvalue weighted by molar-refractivity contribution is 0.630. The van der Waals surface area contributed by atoms with Crippen LogP contribution in [0.25, 0.3) is 5.65 Å². The molecule has 0 bridgehead atoms. The topological polar surface area (TPSA) is 75.3 Å². The molecule has 0 radical (unpaired) electrons. The van der Waals surface area contributed by atoms with Gasteiger partial charge in [-0.3, -0.25) is 0 Å². The molecule has 25 heavy (non-hydrogen) atoms. The molecule has 4 rings (SSSR count). The first kappa shape index (κ1) is 16.1. The smallest absolute Gasteiger partial charge is 0.189 e. The summed E-state index contributed by atoms with van der Waals surface area (Å²) in [4.78, 5) is 13.6. The summed E-state index contributed by atoms with van der Waals surface area (Å²) < 4.78 is 1.79. The van der Waals surface area contributed by atoms with Gasteiger partial charge in [-0.2, -0.15) is 4.52 Å². The number of aromatic nitrogens is 6. The first-order chi connectivity index (χ1) is 12.2. The molecule has 0 amide bonds. The molecule has 0 unspecified atom stereocenters. The highest BCUT2D eigenvalue weighted by Crippen LogP contribution is 2.22. The standard InChI is InChI=1S/C16H20N8S/c1-11-10-17-16(25-3)18-15(11)23-8-6-22(7-9-23)14-5-4-13-20-19-12(2)24(13)21-14/h4-5,10H,6-9H2,1-3H3. The fourth-order valence-electron chi connectivity index (χ4n) is 3.04. The van der Waals surface area contributed by atoms with E-state index < -0.39 is 0 Å². The Morgan fingerprint density at radius 3 is 2.52 bits per heavy atom. The number of aryl methyl sites for hydroxylation is 2. The van der Waals surface area contributed by atoms with Crippen LogP contribution in [0.5, 0.6) is 0 Å². The summed E-state index contributed by atoms with van der Waals surface area (Å²) in [6.45, 7) is 7.60. The third kappa shape index (κ3) is 2.99. The maximum Gasteiger partial charge on any atom is 0.189 e. The van der Waals surface area contributed by atoms with E-state index in [1.54, 1.807) is 16.3 Å². The molecule has 0 saturated carbocycles. The van der Waals surface area contributed by atoms with Gasteiger partial charge in [0.05, 0.1) is 0 Å². The molecule has 1 saturated heterocycles. The van der Waals surface area contributed by atoms with Crippen molar-refractivity contribution in [1.29, 1.82) is 0 Å². The summed E-state index contributed by atoms with van der Waals surface area (Å²) in [6, 6.07) is 3.98. The zero-order chi connectivity index (χ0) is 17.4. The van der Waals surface area contributed by atoms with Crippen LogP contribution in [0, 0.1) is 13.8 Å². The number of anilines is 2. The number of rotatable bonds is 3. The van der Waals surface area contributed by atoms with Gasteiger partial charge in [0, 0.05) is 37.9 Å². The van der Waals surface area contributed by atoms with Crippen molar-refractivity contribution in [1.82, 2.24) is 29.8 Å². The van der Waals surface area contributed by atoms with Gasteiger partial charge < -0.3 is 9.80 Å². The van der Waals surface area contributed by atoms with E-state index in [-0.39, 0.29) is 0 Å². The molecule has 0 spiro atoms. The zero-order valence-electron chi connectivity index (χ0n) is 14.5. The Balaban J connectivity index is 1.51. The van der Waals surface area contributed by atoms with Crippen LogP contribution in [0.2, 0.25) is 0 Å². The van der Waals surface area contributed by atoms with E-state index in [4.69, 9.17) is 0 Å². The summed E-state index contributed by atoms with van der Waals surface area (Å²) in [7, 11) is 0. The van der Waals surface area contributed by atoms with Gasteiger partial charge in [-0.15, -0.1) is 15.3 Å². The molecule has 3 aromatic heterocycles. The second kappa shape index (κ2) is 6.47. The maximum absolute atomic E-state index is 4.68. The first-order valence-corrected chi connectivity index (χ1v) is 9.45. The highest BCUT2D eigenvalue weighted by Gasteiger charge is 2.21. The molecule has 1 aliphatic heterocycles. The Bertz CT molecular complexity index is 900. The van der Waals surface area contributed by atoms with Crippen LogP contribution in [-0.4, -0.2) is 62.2 Å². The van der Waals surface area contributed by atoms with Crippen LogP contribution in [0.3, 0.4) is 0 Å². The van der Waals surface area contributed by atoms with Crippen LogP contribution in [0.1, 0.15) is 11.4 Å². The molecule has 130 valence electrons. The van der Waals surface area contributed by atoms with Crippen LogP contribution in [-0.2, 0) is 0 Å². The molecular weight excluding hydrogens is 336 g/mol. The number of fused-ring (bicyclic) bond motifs is 1. The van der Waals surface area contributed by atoms with Crippen LogP contribution >= 0.6 is 11.8 Å². The van der Waals surface area contributed by atoms with E-state index in [2.05, 4.69) is 42.0 Å². The van der Waals surface area contributed by atoms with Crippen molar-refractivity contribution in [3.63, 3.8) is 0 Å². The Morgan fingerprint density at radius 1 is 1.00 bits per heavy atom. The second-order valence-electron chi connectivity index (χ2n) is 6.05. The van der Waals surface area contributed by atoms with Crippen molar-refractivity contribution < 1.29 is 0 Å². The third-order valence-corrected chi connectivity index (χ3v) is 4.98. The first-order valence-electron chi connectivity index (χ1n) is 8.22. The Hall–Kier alpha value is -2.42. The highest BCUT2D eigenvalue weighted by atomic mass is 32.2. The van der Waals surface area contributed by atoms with Crippen molar-refractivity contribution in [2.45, 2.75) is 19.0 Å². The van der Waals surface area contributed by atoms with Gasteiger partial charge in [0.15, 0.2) is 16.6 Å². The predicted octanol–water partition coefficient (Wildman–Crippen LogP) is 1.58. The minimum atomic E-state index is 0.779. The average Bonchev–Trinajstić information content (AvgIpc) is 3.03. The minimum Gasteiger partial charge on any atom is -0.353 e. The molecule has 0 atom stereocenters. The lowest BCUT2D eigenvalue weighted by Gasteiger charge is -2.36. The van der Waals surface area contributed by atoms with Crippen LogP contribution in [0.15, 0.2) is 23.5 Å². The van der Waals surface area contributed by atoms with Crippen molar-refractivity contribution in [2.75, 3.05) is 42.2 Å². The molecule has 4 heterocycles. The largest absolute Gasteiger partial charge is 0.353 e. The van der Waals surface area contributed by atoms with Gasteiger partial charge in [-0.1, -0.05) is 11.8 Å². The molecule has 1 fully saturated rings. The fraction of sp³-hybridized carbons (Fsp3) is 0.438. The van der Waals surface area contributed by atoms with E-state index in [1.807, 2.05) is 31.5 Å². The Kier molecular flexibility index (Phi) is 4.16. The Morgan fingerprint density at radius 2 is 1.76 bits per heavy atom. The number of hydrogen-bond donors (Lipinski definition) is 0. The van der Waals surface area contributed by atoms with E-state index in [0.717, 1.165) is 60.0 Å². The summed E-state index contributed by atoms with van der Waals surface area (Å²) >= 11 is 1.57. The lowest BCUT2D eigenvalue weighted by Crippen LogP contribution is -2.47. The zero-order valence-corrected chi connectivity index (χ0v) is 15.4. The van der Waals surface area contributed by atoms with Gasteiger partial charge in [0.1, 0.15) is 11.6 Å². The summed E-state index contributed by atoms with van der Waals surface area (Å²) in [5.74, 6) is 2.80. The number of hydrogen-bond acceptors (Lipinski definition) is 8. The maximum atomic E-state index is 4.68. The normalized spacial score (nSPS) is 15.2. The minimum absolute atomic E-state index is 0.779. The van der Waals surface area contributed by atoms with E-state index >= 15 is 0 Å². The van der Waals surface area contributed by atoms with Gasteiger partial charge in [0.2, 0.25) is 0 Å². The molecule has 0 N–H and O–H groups in total. The van der Waals surface area contributed by atoms with Crippen molar-refractivity contribution in [3.05, 3.63) is 29.7 Å². The van der Waals surface area contributed by atoms with Crippen LogP contribution < -0.4 is 9.80 Å². The van der Waals surface area contributed by atoms with Crippen molar-refractivity contribution in [3.8, 4) is 0 Å².